The summed E-state index contributed by atoms with van der Waals surface area (Å²) in [5.41, 5.74) is 3.03. The first-order valence-electron chi connectivity index (χ1n) is 9.71. The highest BCUT2D eigenvalue weighted by molar-refractivity contribution is 7.92. The first-order chi connectivity index (χ1) is 14.1. The average Bonchev–Trinajstić information content (AvgIpc) is 2.72. The van der Waals surface area contributed by atoms with Gasteiger partial charge in [-0.15, -0.1) is 0 Å². The number of hydrogen-bond donors (Lipinski definition) is 2. The third-order valence-electron chi connectivity index (χ3n) is 4.70. The predicted octanol–water partition coefficient (Wildman–Crippen LogP) is 4.71. The Labute approximate surface area is 178 Å². The van der Waals surface area contributed by atoms with E-state index in [1.165, 1.54) is 23.8 Å². The molecule has 0 aliphatic carbocycles. The van der Waals surface area contributed by atoms with Crippen LogP contribution < -0.4 is 10.0 Å². The number of amides is 1. The fraction of sp³-hybridized carbons (Fsp3) is 0.208. The number of carbonyl (C=O) groups is 1. The van der Waals surface area contributed by atoms with Gasteiger partial charge in [-0.3, -0.25) is 9.52 Å². The summed E-state index contributed by atoms with van der Waals surface area (Å²) < 4.78 is 27.5. The first-order valence-corrected chi connectivity index (χ1v) is 11.2. The maximum atomic E-state index is 12.5. The van der Waals surface area contributed by atoms with Gasteiger partial charge in [-0.1, -0.05) is 69.3 Å². The third kappa shape index (κ3) is 5.48. The predicted molar refractivity (Wildman–Crippen MR) is 120 cm³/mol. The van der Waals surface area contributed by atoms with Gasteiger partial charge in [0.15, 0.2) is 0 Å². The van der Waals surface area contributed by atoms with Crippen LogP contribution >= 0.6 is 0 Å². The van der Waals surface area contributed by atoms with Gasteiger partial charge < -0.3 is 5.32 Å². The number of benzene rings is 3. The molecule has 0 heterocycles. The smallest absolute Gasteiger partial charge is 0.261 e. The minimum Gasteiger partial charge on any atom is -0.348 e. The zero-order chi connectivity index (χ0) is 21.8. The molecule has 0 fully saturated rings. The van der Waals surface area contributed by atoms with Gasteiger partial charge >= 0.3 is 0 Å². The van der Waals surface area contributed by atoms with Crippen molar-refractivity contribution in [3.8, 4) is 0 Å². The van der Waals surface area contributed by atoms with Crippen LogP contribution in [0.3, 0.4) is 0 Å². The molecule has 0 saturated heterocycles. The van der Waals surface area contributed by atoms with Crippen molar-refractivity contribution in [3.05, 3.63) is 95.6 Å². The van der Waals surface area contributed by atoms with Crippen LogP contribution in [0, 0.1) is 0 Å². The van der Waals surface area contributed by atoms with Crippen LogP contribution in [0.25, 0.3) is 0 Å². The molecular weight excluding hydrogens is 396 g/mol. The van der Waals surface area contributed by atoms with E-state index in [0.29, 0.717) is 17.8 Å². The summed E-state index contributed by atoms with van der Waals surface area (Å²) in [6, 6.07) is 22.7. The van der Waals surface area contributed by atoms with Gasteiger partial charge in [-0.25, -0.2) is 8.42 Å². The Morgan fingerprint density at radius 1 is 0.867 bits per heavy atom. The second-order valence-corrected chi connectivity index (χ2v) is 9.81. The number of anilines is 1. The van der Waals surface area contributed by atoms with Gasteiger partial charge in [0.25, 0.3) is 15.9 Å². The lowest BCUT2D eigenvalue weighted by atomic mass is 9.87. The van der Waals surface area contributed by atoms with Crippen LogP contribution in [0.5, 0.6) is 0 Å². The zero-order valence-electron chi connectivity index (χ0n) is 17.3. The molecule has 0 atom stereocenters. The normalized spacial score (nSPS) is 11.7. The monoisotopic (exact) mass is 422 g/mol. The van der Waals surface area contributed by atoms with Crippen LogP contribution in [-0.2, 0) is 22.0 Å². The molecule has 0 spiro atoms. The molecule has 6 heteroatoms. The molecule has 3 aromatic rings. The molecule has 3 aromatic carbocycles. The van der Waals surface area contributed by atoms with Gasteiger partial charge in [0.05, 0.1) is 4.90 Å². The van der Waals surface area contributed by atoms with Crippen LogP contribution in [0.15, 0.2) is 83.8 Å². The van der Waals surface area contributed by atoms with Crippen LogP contribution in [-0.4, -0.2) is 14.3 Å². The molecule has 156 valence electrons. The SMILES string of the molecule is CC(C)(C)c1ccc(CNC(=O)c2cccc(NS(=O)(=O)c3ccccc3)c2)cc1. The summed E-state index contributed by atoms with van der Waals surface area (Å²) in [4.78, 5) is 12.7. The van der Waals surface area contributed by atoms with Crippen molar-refractivity contribution in [2.45, 2.75) is 37.6 Å². The molecule has 30 heavy (non-hydrogen) atoms. The van der Waals surface area contributed by atoms with Crippen molar-refractivity contribution in [2.24, 2.45) is 0 Å². The minimum absolute atomic E-state index is 0.0787. The second kappa shape index (κ2) is 8.71. The van der Waals surface area contributed by atoms with E-state index in [9.17, 15) is 13.2 Å². The molecule has 0 unspecified atom stereocenters. The molecular formula is C24H26N2O3S. The summed E-state index contributed by atoms with van der Waals surface area (Å²) >= 11 is 0. The van der Waals surface area contributed by atoms with E-state index in [1.54, 1.807) is 36.4 Å². The number of sulfonamides is 1. The van der Waals surface area contributed by atoms with Crippen LogP contribution in [0.4, 0.5) is 5.69 Å². The molecule has 1 amide bonds. The topological polar surface area (TPSA) is 75.3 Å². The Morgan fingerprint density at radius 2 is 1.53 bits per heavy atom. The van der Waals surface area contributed by atoms with E-state index in [0.717, 1.165) is 5.56 Å². The number of carbonyl (C=O) groups excluding carboxylic acids is 1. The van der Waals surface area contributed by atoms with E-state index in [4.69, 9.17) is 0 Å². The van der Waals surface area contributed by atoms with Gasteiger partial charge in [-0.05, 0) is 46.9 Å². The van der Waals surface area contributed by atoms with Gasteiger partial charge in [0.2, 0.25) is 0 Å². The van der Waals surface area contributed by atoms with Crippen molar-refractivity contribution in [3.63, 3.8) is 0 Å². The molecule has 0 bridgehead atoms. The lowest BCUT2D eigenvalue weighted by Gasteiger charge is -2.19. The summed E-state index contributed by atoms with van der Waals surface area (Å²) in [5, 5.41) is 2.88. The fourth-order valence-electron chi connectivity index (χ4n) is 2.94. The fourth-order valence-corrected chi connectivity index (χ4v) is 4.02. The minimum atomic E-state index is -3.71. The van der Waals surface area contributed by atoms with E-state index < -0.39 is 10.0 Å². The Hall–Kier alpha value is -3.12. The van der Waals surface area contributed by atoms with Crippen LogP contribution in [0.2, 0.25) is 0 Å². The molecule has 0 saturated carbocycles. The van der Waals surface area contributed by atoms with Gasteiger partial charge in [0.1, 0.15) is 0 Å². The number of rotatable bonds is 6. The molecule has 3 rings (SSSR count). The van der Waals surface area contributed by atoms with Crippen LogP contribution in [0.1, 0.15) is 42.3 Å². The maximum Gasteiger partial charge on any atom is 0.261 e. The van der Waals surface area contributed by atoms with Crippen molar-refractivity contribution >= 4 is 21.6 Å². The lowest BCUT2D eigenvalue weighted by Crippen LogP contribution is -2.23. The van der Waals surface area contributed by atoms with Gasteiger partial charge in [0, 0.05) is 17.8 Å². The Balaban J connectivity index is 1.66. The highest BCUT2D eigenvalue weighted by atomic mass is 32.2. The van der Waals surface area contributed by atoms with E-state index in [1.807, 2.05) is 12.1 Å². The maximum absolute atomic E-state index is 12.5. The van der Waals surface area contributed by atoms with E-state index in [2.05, 4.69) is 42.9 Å². The molecule has 0 aliphatic heterocycles. The van der Waals surface area contributed by atoms with Crippen molar-refractivity contribution in [1.82, 2.24) is 5.32 Å². The number of hydrogen-bond acceptors (Lipinski definition) is 3. The Kier molecular flexibility index (Phi) is 6.27. The van der Waals surface area contributed by atoms with Crippen molar-refractivity contribution in [2.75, 3.05) is 4.72 Å². The van der Waals surface area contributed by atoms with Crippen molar-refractivity contribution < 1.29 is 13.2 Å². The highest BCUT2D eigenvalue weighted by Gasteiger charge is 2.15. The second-order valence-electron chi connectivity index (χ2n) is 8.13. The third-order valence-corrected chi connectivity index (χ3v) is 6.10. The Bertz CT molecular complexity index is 1120. The summed E-state index contributed by atoms with van der Waals surface area (Å²) in [6.07, 6.45) is 0. The lowest BCUT2D eigenvalue weighted by molar-refractivity contribution is 0.0951. The summed E-state index contributed by atoms with van der Waals surface area (Å²) in [6.45, 7) is 6.86. The molecule has 2 N–H and O–H groups in total. The van der Waals surface area contributed by atoms with E-state index in [-0.39, 0.29) is 16.2 Å². The van der Waals surface area contributed by atoms with E-state index >= 15 is 0 Å². The Morgan fingerprint density at radius 3 is 2.17 bits per heavy atom. The summed E-state index contributed by atoms with van der Waals surface area (Å²) in [5.74, 6) is -0.268. The highest BCUT2D eigenvalue weighted by Crippen LogP contribution is 2.22. The largest absolute Gasteiger partial charge is 0.348 e. The summed E-state index contributed by atoms with van der Waals surface area (Å²) in [7, 11) is -3.71. The quantitative estimate of drug-likeness (QED) is 0.604. The van der Waals surface area contributed by atoms with Crippen molar-refractivity contribution in [1.29, 1.82) is 0 Å². The standard InChI is InChI=1S/C24H26N2O3S/c1-24(2,3)20-14-12-18(13-15-20)17-25-23(27)19-8-7-9-21(16-19)26-30(28,29)22-10-5-4-6-11-22/h4-16,26H,17H2,1-3H3,(H,25,27). The number of nitrogens with one attached hydrogen (secondary N) is 2. The average molecular weight is 423 g/mol. The molecule has 0 radical (unpaired) electrons. The molecule has 0 aliphatic rings. The molecule has 5 nitrogen and oxygen atoms in total. The first kappa shape index (κ1) is 21.6. The van der Waals surface area contributed by atoms with Gasteiger partial charge in [-0.2, -0.15) is 0 Å². The molecule has 0 aromatic heterocycles. The zero-order valence-corrected chi connectivity index (χ0v) is 18.2.